The summed E-state index contributed by atoms with van der Waals surface area (Å²) in [5.74, 6) is -0.561. The summed E-state index contributed by atoms with van der Waals surface area (Å²) < 4.78 is 4.85. The first-order valence-corrected chi connectivity index (χ1v) is 4.43. The van der Waals surface area contributed by atoms with E-state index < -0.39 is 10.8 Å². The van der Waals surface area contributed by atoms with Gasteiger partial charge in [-0.15, -0.1) is 0 Å². The summed E-state index contributed by atoms with van der Waals surface area (Å²) in [5.41, 5.74) is 0. The number of hydrogen-bond donors (Lipinski definition) is 0. The van der Waals surface area contributed by atoms with Crippen molar-refractivity contribution in [1.82, 2.24) is 0 Å². The Bertz CT molecular complexity index is 126. The van der Waals surface area contributed by atoms with E-state index >= 15 is 0 Å². The van der Waals surface area contributed by atoms with Gasteiger partial charge in [0.1, 0.15) is 0 Å². The van der Waals surface area contributed by atoms with Crippen molar-refractivity contribution in [3.05, 3.63) is 0 Å². The highest BCUT2D eigenvalue weighted by molar-refractivity contribution is 6.52. The van der Waals surface area contributed by atoms with Gasteiger partial charge in [0.05, 0.1) is 6.10 Å². The zero-order valence-electron chi connectivity index (χ0n) is 6.64. The van der Waals surface area contributed by atoms with Crippen LogP contribution in [0.25, 0.3) is 0 Å². The maximum absolute atomic E-state index is 10.7. The third-order valence-electron chi connectivity index (χ3n) is 1.19. The van der Waals surface area contributed by atoms with Crippen LogP contribution < -0.4 is 0 Å². The average Bonchev–Trinajstić information content (AvgIpc) is 1.87. The highest BCUT2D eigenvalue weighted by atomic mass is 35.5. The predicted molar refractivity (Wildman–Crippen MR) is 46.0 cm³/mol. The Morgan fingerprint density at radius 3 is 2.45 bits per heavy atom. The molecule has 0 aromatic heterocycles. The van der Waals surface area contributed by atoms with E-state index in [4.69, 9.17) is 27.9 Å². The first kappa shape index (κ1) is 11.1. The van der Waals surface area contributed by atoms with Crippen LogP contribution in [0.4, 0.5) is 0 Å². The third-order valence-corrected chi connectivity index (χ3v) is 1.55. The van der Waals surface area contributed by atoms with Crippen LogP contribution in [0.1, 0.15) is 26.7 Å². The summed E-state index contributed by atoms with van der Waals surface area (Å²) >= 11 is 10.5. The standard InChI is InChI=1S/C7H12Cl2O2/c1-3-4-5(2)11-7(10)6(8)9/h5-6H,3-4H2,1-2H3. The molecule has 0 rings (SSSR count). The minimum atomic E-state index is -1.06. The smallest absolute Gasteiger partial charge is 0.339 e. The number of carbonyl (C=O) groups is 1. The minimum Gasteiger partial charge on any atom is -0.461 e. The van der Waals surface area contributed by atoms with Gasteiger partial charge in [0, 0.05) is 0 Å². The highest BCUT2D eigenvalue weighted by Crippen LogP contribution is 2.08. The van der Waals surface area contributed by atoms with Gasteiger partial charge in [-0.05, 0) is 13.3 Å². The Kier molecular flexibility index (Phi) is 5.69. The zero-order chi connectivity index (χ0) is 8.85. The molecule has 0 spiro atoms. The van der Waals surface area contributed by atoms with Crippen molar-refractivity contribution in [2.45, 2.75) is 37.6 Å². The Morgan fingerprint density at radius 1 is 1.55 bits per heavy atom. The molecule has 4 heteroatoms. The van der Waals surface area contributed by atoms with Crippen molar-refractivity contribution in [3.8, 4) is 0 Å². The molecular weight excluding hydrogens is 187 g/mol. The number of alkyl halides is 2. The lowest BCUT2D eigenvalue weighted by Crippen LogP contribution is -2.19. The molecule has 11 heavy (non-hydrogen) atoms. The fourth-order valence-corrected chi connectivity index (χ4v) is 0.818. The second-order valence-corrected chi connectivity index (χ2v) is 3.43. The number of esters is 1. The number of hydrogen-bond acceptors (Lipinski definition) is 2. The zero-order valence-corrected chi connectivity index (χ0v) is 8.15. The highest BCUT2D eigenvalue weighted by Gasteiger charge is 2.15. The van der Waals surface area contributed by atoms with E-state index in [1.807, 2.05) is 13.8 Å². The SMILES string of the molecule is CCCC(C)OC(=O)C(Cl)Cl. The molecule has 2 nitrogen and oxygen atoms in total. The predicted octanol–water partition coefficient (Wildman–Crippen LogP) is 2.52. The van der Waals surface area contributed by atoms with Crippen LogP contribution in [0.5, 0.6) is 0 Å². The maximum Gasteiger partial charge on any atom is 0.339 e. The quantitative estimate of drug-likeness (QED) is 0.513. The molecular formula is C7H12Cl2O2. The molecule has 0 amide bonds. The Balaban J connectivity index is 3.57. The lowest BCUT2D eigenvalue weighted by Gasteiger charge is -2.11. The van der Waals surface area contributed by atoms with E-state index in [1.165, 1.54) is 0 Å². The van der Waals surface area contributed by atoms with Gasteiger partial charge in [-0.1, -0.05) is 36.5 Å². The summed E-state index contributed by atoms with van der Waals surface area (Å²) in [6.45, 7) is 3.83. The van der Waals surface area contributed by atoms with Crippen molar-refractivity contribution >= 4 is 29.2 Å². The second-order valence-electron chi connectivity index (χ2n) is 2.34. The summed E-state index contributed by atoms with van der Waals surface area (Å²) in [4.78, 5) is 9.68. The molecule has 66 valence electrons. The van der Waals surface area contributed by atoms with E-state index in [0.29, 0.717) is 0 Å². The van der Waals surface area contributed by atoms with Crippen molar-refractivity contribution in [2.75, 3.05) is 0 Å². The van der Waals surface area contributed by atoms with Gasteiger partial charge in [0.2, 0.25) is 4.84 Å². The fraction of sp³-hybridized carbons (Fsp3) is 0.857. The molecule has 0 aliphatic rings. The maximum atomic E-state index is 10.7. The summed E-state index contributed by atoms with van der Waals surface area (Å²) in [6.07, 6.45) is 1.73. The molecule has 0 heterocycles. The first-order valence-electron chi connectivity index (χ1n) is 3.56. The average molecular weight is 199 g/mol. The third kappa shape index (κ3) is 5.33. The molecule has 1 unspecified atom stereocenters. The van der Waals surface area contributed by atoms with E-state index in [9.17, 15) is 4.79 Å². The van der Waals surface area contributed by atoms with Crippen molar-refractivity contribution in [3.63, 3.8) is 0 Å². The van der Waals surface area contributed by atoms with Gasteiger partial charge in [-0.25, -0.2) is 4.79 Å². The normalized spacial score (nSPS) is 13.2. The van der Waals surface area contributed by atoms with E-state index in [0.717, 1.165) is 12.8 Å². The van der Waals surface area contributed by atoms with Crippen molar-refractivity contribution < 1.29 is 9.53 Å². The summed E-state index contributed by atoms with van der Waals surface area (Å²) in [7, 11) is 0. The van der Waals surface area contributed by atoms with Gasteiger partial charge < -0.3 is 4.74 Å². The van der Waals surface area contributed by atoms with Crippen LogP contribution in [0, 0.1) is 0 Å². The molecule has 0 aliphatic carbocycles. The number of ether oxygens (including phenoxy) is 1. The van der Waals surface area contributed by atoms with Gasteiger partial charge >= 0.3 is 5.97 Å². The molecule has 0 fully saturated rings. The van der Waals surface area contributed by atoms with Crippen molar-refractivity contribution in [2.24, 2.45) is 0 Å². The molecule has 0 aromatic carbocycles. The van der Waals surface area contributed by atoms with Crippen LogP contribution in [-0.4, -0.2) is 16.9 Å². The Hall–Kier alpha value is 0.0500. The molecule has 0 saturated carbocycles. The van der Waals surface area contributed by atoms with Crippen LogP contribution >= 0.6 is 23.2 Å². The first-order chi connectivity index (χ1) is 5.07. The van der Waals surface area contributed by atoms with Crippen LogP contribution in [0.2, 0.25) is 0 Å². The molecule has 0 bridgehead atoms. The largest absolute Gasteiger partial charge is 0.461 e. The molecule has 0 N–H and O–H groups in total. The molecule has 0 radical (unpaired) electrons. The topological polar surface area (TPSA) is 26.3 Å². The monoisotopic (exact) mass is 198 g/mol. The second kappa shape index (κ2) is 5.67. The Labute approximate surface area is 76.8 Å². The molecule has 1 atom stereocenters. The van der Waals surface area contributed by atoms with Gasteiger partial charge in [-0.2, -0.15) is 0 Å². The van der Waals surface area contributed by atoms with Gasteiger partial charge in [0.25, 0.3) is 0 Å². The molecule has 0 aromatic rings. The number of rotatable bonds is 4. The minimum absolute atomic E-state index is 0.0903. The van der Waals surface area contributed by atoms with Crippen molar-refractivity contribution in [1.29, 1.82) is 0 Å². The van der Waals surface area contributed by atoms with Gasteiger partial charge in [-0.3, -0.25) is 0 Å². The van der Waals surface area contributed by atoms with E-state index in [-0.39, 0.29) is 6.10 Å². The Morgan fingerprint density at radius 2 is 2.09 bits per heavy atom. The van der Waals surface area contributed by atoms with Crippen LogP contribution in [0.3, 0.4) is 0 Å². The molecule has 0 aliphatic heterocycles. The fourth-order valence-electron chi connectivity index (χ4n) is 0.715. The van der Waals surface area contributed by atoms with Crippen LogP contribution in [0.15, 0.2) is 0 Å². The lowest BCUT2D eigenvalue weighted by atomic mass is 10.2. The summed E-state index contributed by atoms with van der Waals surface area (Å²) in [5, 5.41) is 0. The number of carbonyl (C=O) groups excluding carboxylic acids is 1. The van der Waals surface area contributed by atoms with Crippen LogP contribution in [-0.2, 0) is 9.53 Å². The van der Waals surface area contributed by atoms with E-state index in [1.54, 1.807) is 0 Å². The lowest BCUT2D eigenvalue weighted by molar-refractivity contribution is -0.146. The summed E-state index contributed by atoms with van der Waals surface area (Å²) in [6, 6.07) is 0. The number of halogens is 2. The van der Waals surface area contributed by atoms with Gasteiger partial charge in [0.15, 0.2) is 0 Å². The molecule has 0 saturated heterocycles. The van der Waals surface area contributed by atoms with E-state index in [2.05, 4.69) is 0 Å².